The molecule has 1 saturated heterocycles. The molecule has 2 atom stereocenters. The predicted molar refractivity (Wildman–Crippen MR) is 98.5 cm³/mol. The van der Waals surface area contributed by atoms with Crippen LogP contribution in [0.4, 0.5) is 19.1 Å². The van der Waals surface area contributed by atoms with Crippen LogP contribution in [0.1, 0.15) is 40.2 Å². The van der Waals surface area contributed by atoms with Gasteiger partial charge in [0, 0.05) is 25.5 Å². The molecule has 1 aliphatic heterocycles. The van der Waals surface area contributed by atoms with Gasteiger partial charge in [-0.15, -0.1) is 0 Å². The summed E-state index contributed by atoms with van der Waals surface area (Å²) in [4.78, 5) is 20.9. The standard InChI is InChI=1S/C19H20F3N5O2/c20-19(21,22)14-4-2-1-3-13(14)11-5-17(23)9-27(10-18(17,24)6-11)16-25-7-12(8-26-16)15(28)29/h1-4,7-8,11H,5-6,9-10,23-24H2,(H,28,29). The zero-order valence-electron chi connectivity index (χ0n) is 15.4. The molecule has 2 aliphatic rings. The van der Waals surface area contributed by atoms with E-state index in [4.69, 9.17) is 16.6 Å². The third kappa shape index (κ3) is 3.22. The number of nitrogens with two attached hydrogens (primary N) is 2. The average molecular weight is 407 g/mol. The number of carboxylic acids is 1. The number of rotatable bonds is 3. The number of benzene rings is 1. The first-order valence-electron chi connectivity index (χ1n) is 9.07. The molecule has 7 nitrogen and oxygen atoms in total. The lowest BCUT2D eigenvalue weighted by atomic mass is 9.85. The fraction of sp³-hybridized carbons (Fsp3) is 0.421. The van der Waals surface area contributed by atoms with E-state index in [-0.39, 0.29) is 24.2 Å². The maximum Gasteiger partial charge on any atom is 0.416 e. The number of aromatic nitrogens is 2. The molecule has 5 N–H and O–H groups in total. The molecular weight excluding hydrogens is 387 g/mol. The zero-order chi connectivity index (χ0) is 21.0. The van der Waals surface area contributed by atoms with E-state index in [2.05, 4.69) is 9.97 Å². The summed E-state index contributed by atoms with van der Waals surface area (Å²) in [5.74, 6) is -1.24. The molecule has 1 aliphatic carbocycles. The number of alkyl halides is 3. The van der Waals surface area contributed by atoms with Crippen LogP contribution in [-0.4, -0.2) is 45.2 Å². The van der Waals surface area contributed by atoms with E-state index in [0.717, 1.165) is 6.07 Å². The molecule has 2 aromatic rings. The maximum absolute atomic E-state index is 13.4. The van der Waals surface area contributed by atoms with Crippen molar-refractivity contribution in [3.8, 4) is 0 Å². The summed E-state index contributed by atoms with van der Waals surface area (Å²) >= 11 is 0. The monoisotopic (exact) mass is 407 g/mol. The Kier molecular flexibility index (Phi) is 4.32. The molecule has 2 heterocycles. The van der Waals surface area contributed by atoms with E-state index < -0.39 is 34.7 Å². The van der Waals surface area contributed by atoms with Crippen molar-refractivity contribution >= 4 is 11.9 Å². The Morgan fingerprint density at radius 2 is 1.66 bits per heavy atom. The summed E-state index contributed by atoms with van der Waals surface area (Å²) in [6, 6.07) is 5.54. The van der Waals surface area contributed by atoms with Crippen LogP contribution in [0.25, 0.3) is 0 Å². The first-order chi connectivity index (χ1) is 13.5. The highest BCUT2D eigenvalue weighted by molar-refractivity contribution is 5.86. The highest BCUT2D eigenvalue weighted by atomic mass is 19.4. The minimum absolute atomic E-state index is 0.0399. The Hall–Kier alpha value is -2.72. The van der Waals surface area contributed by atoms with Gasteiger partial charge in [0.2, 0.25) is 5.95 Å². The van der Waals surface area contributed by atoms with Gasteiger partial charge in [0.05, 0.1) is 22.2 Å². The van der Waals surface area contributed by atoms with Crippen molar-refractivity contribution in [2.24, 2.45) is 11.5 Å². The minimum Gasteiger partial charge on any atom is -0.478 e. The van der Waals surface area contributed by atoms with Crippen molar-refractivity contribution in [1.82, 2.24) is 9.97 Å². The van der Waals surface area contributed by atoms with E-state index in [1.165, 1.54) is 24.5 Å². The van der Waals surface area contributed by atoms with Crippen LogP contribution in [0, 0.1) is 0 Å². The molecule has 0 radical (unpaired) electrons. The van der Waals surface area contributed by atoms with Crippen molar-refractivity contribution in [2.45, 2.75) is 36.0 Å². The zero-order valence-corrected chi connectivity index (χ0v) is 15.4. The van der Waals surface area contributed by atoms with E-state index in [1.807, 2.05) is 0 Å². The number of nitrogens with zero attached hydrogens (tertiary/aromatic N) is 3. The number of hydrogen-bond acceptors (Lipinski definition) is 6. The van der Waals surface area contributed by atoms with Crippen LogP contribution in [0.15, 0.2) is 36.7 Å². The van der Waals surface area contributed by atoms with Crippen molar-refractivity contribution in [3.05, 3.63) is 53.3 Å². The van der Waals surface area contributed by atoms with Gasteiger partial charge in [0.15, 0.2) is 0 Å². The van der Waals surface area contributed by atoms with E-state index >= 15 is 0 Å². The molecule has 2 fully saturated rings. The van der Waals surface area contributed by atoms with Crippen LogP contribution in [-0.2, 0) is 6.18 Å². The average Bonchev–Trinajstić information content (AvgIpc) is 3.05. The van der Waals surface area contributed by atoms with Crippen LogP contribution in [0.2, 0.25) is 0 Å². The molecule has 1 aromatic carbocycles. The summed E-state index contributed by atoms with van der Waals surface area (Å²) in [6.07, 6.45) is -1.43. The number of carboxylic acid groups (broad SMARTS) is 1. The number of halogens is 3. The van der Waals surface area contributed by atoms with Crippen LogP contribution in [0.3, 0.4) is 0 Å². The van der Waals surface area contributed by atoms with Gasteiger partial charge in [-0.1, -0.05) is 18.2 Å². The van der Waals surface area contributed by atoms with Crippen molar-refractivity contribution in [2.75, 3.05) is 18.0 Å². The fourth-order valence-corrected chi connectivity index (χ4v) is 4.61. The Morgan fingerprint density at radius 1 is 1.10 bits per heavy atom. The molecule has 0 spiro atoms. The number of aromatic carboxylic acids is 1. The second-order valence-corrected chi connectivity index (χ2v) is 7.94. The summed E-state index contributed by atoms with van der Waals surface area (Å²) in [5, 5.41) is 8.96. The molecule has 2 unspecified atom stereocenters. The molecular formula is C19H20F3N5O2. The molecule has 29 heavy (non-hydrogen) atoms. The quantitative estimate of drug-likeness (QED) is 0.712. The van der Waals surface area contributed by atoms with Crippen molar-refractivity contribution < 1.29 is 23.1 Å². The maximum atomic E-state index is 13.4. The van der Waals surface area contributed by atoms with Gasteiger partial charge in [-0.3, -0.25) is 0 Å². The topological polar surface area (TPSA) is 118 Å². The number of fused-ring (bicyclic) bond motifs is 1. The highest BCUT2D eigenvalue weighted by Gasteiger charge is 2.60. The van der Waals surface area contributed by atoms with Gasteiger partial charge in [-0.2, -0.15) is 13.2 Å². The van der Waals surface area contributed by atoms with Gasteiger partial charge in [-0.25, -0.2) is 14.8 Å². The molecule has 1 saturated carbocycles. The van der Waals surface area contributed by atoms with E-state index in [9.17, 15) is 18.0 Å². The summed E-state index contributed by atoms with van der Waals surface area (Å²) in [7, 11) is 0. The Labute approximate surface area is 164 Å². The van der Waals surface area contributed by atoms with Gasteiger partial charge in [0.1, 0.15) is 0 Å². The largest absolute Gasteiger partial charge is 0.478 e. The second kappa shape index (κ2) is 6.39. The van der Waals surface area contributed by atoms with Gasteiger partial charge < -0.3 is 21.5 Å². The first kappa shape index (κ1) is 19.6. The first-order valence-corrected chi connectivity index (χ1v) is 9.07. The Bertz CT molecular complexity index is 932. The number of carbonyl (C=O) groups is 1. The van der Waals surface area contributed by atoms with Crippen LogP contribution in [0.5, 0.6) is 0 Å². The van der Waals surface area contributed by atoms with Crippen LogP contribution < -0.4 is 16.4 Å². The van der Waals surface area contributed by atoms with Crippen molar-refractivity contribution in [1.29, 1.82) is 0 Å². The molecule has 10 heteroatoms. The Morgan fingerprint density at radius 3 is 2.17 bits per heavy atom. The van der Waals surface area contributed by atoms with Crippen molar-refractivity contribution in [3.63, 3.8) is 0 Å². The fourth-order valence-electron chi connectivity index (χ4n) is 4.61. The van der Waals surface area contributed by atoms with Gasteiger partial charge >= 0.3 is 12.1 Å². The smallest absolute Gasteiger partial charge is 0.416 e. The van der Waals surface area contributed by atoms with Gasteiger partial charge in [0.25, 0.3) is 0 Å². The normalized spacial score (nSPS) is 29.1. The molecule has 154 valence electrons. The molecule has 0 amide bonds. The third-order valence-corrected chi connectivity index (χ3v) is 6.03. The third-order valence-electron chi connectivity index (χ3n) is 6.03. The summed E-state index contributed by atoms with van der Waals surface area (Å²) in [5.41, 5.74) is 10.9. The summed E-state index contributed by atoms with van der Waals surface area (Å²) < 4.78 is 40.3. The lowest BCUT2D eigenvalue weighted by Crippen LogP contribution is -2.61. The van der Waals surface area contributed by atoms with Crippen LogP contribution >= 0.6 is 0 Å². The minimum atomic E-state index is -4.44. The van der Waals surface area contributed by atoms with E-state index in [0.29, 0.717) is 18.8 Å². The Balaban J connectivity index is 1.58. The lowest BCUT2D eigenvalue weighted by molar-refractivity contribution is -0.138. The van der Waals surface area contributed by atoms with E-state index in [1.54, 1.807) is 11.0 Å². The second-order valence-electron chi connectivity index (χ2n) is 7.94. The summed E-state index contributed by atoms with van der Waals surface area (Å²) in [6.45, 7) is 0.557. The SMILES string of the molecule is NC12CC(c3ccccc3C(F)(F)F)CC1(N)CN(c1ncc(C(=O)O)cn1)C2. The lowest BCUT2D eigenvalue weighted by Gasteiger charge is -2.31. The molecule has 0 bridgehead atoms. The molecule has 4 rings (SSSR count). The number of hydrogen-bond donors (Lipinski definition) is 3. The predicted octanol–water partition coefficient (Wildman–Crippen LogP) is 1.99. The van der Waals surface area contributed by atoms with Gasteiger partial charge in [-0.05, 0) is 30.4 Å². The number of anilines is 1. The highest BCUT2D eigenvalue weighted by Crippen LogP contribution is 2.51. The molecule has 1 aromatic heterocycles.